The van der Waals surface area contributed by atoms with Crippen LogP contribution < -0.4 is 0 Å². The Morgan fingerprint density at radius 1 is 1.59 bits per heavy atom. The van der Waals surface area contributed by atoms with Gasteiger partial charge >= 0.3 is 5.97 Å². The van der Waals surface area contributed by atoms with Crippen LogP contribution in [0.25, 0.3) is 10.8 Å². The maximum absolute atomic E-state index is 10.8. The molecule has 0 radical (unpaired) electrons. The number of methoxy groups -OCH3 is 1. The summed E-state index contributed by atoms with van der Waals surface area (Å²) in [5.41, 5.74) is 0. The van der Waals surface area contributed by atoms with Crippen molar-refractivity contribution in [2.75, 3.05) is 7.11 Å². The van der Waals surface area contributed by atoms with Crippen molar-refractivity contribution in [3.63, 3.8) is 0 Å². The van der Waals surface area contributed by atoms with Gasteiger partial charge in [0.05, 0.1) is 12.0 Å². The van der Waals surface area contributed by atoms with Gasteiger partial charge < -0.3 is 9.15 Å². The second kappa shape index (κ2) is 5.65. The zero-order valence-corrected chi connectivity index (χ0v) is 10.5. The van der Waals surface area contributed by atoms with E-state index >= 15 is 0 Å². The molecule has 0 atom stereocenters. The van der Waals surface area contributed by atoms with Gasteiger partial charge in [-0.1, -0.05) is 6.07 Å². The van der Waals surface area contributed by atoms with Crippen molar-refractivity contribution >= 4 is 29.1 Å². The fourth-order valence-electron chi connectivity index (χ4n) is 0.973. The van der Waals surface area contributed by atoms with Gasteiger partial charge in [0.2, 0.25) is 0 Å². The summed E-state index contributed by atoms with van der Waals surface area (Å²) in [6.45, 7) is 0. The number of thioether (sulfide) groups is 1. The van der Waals surface area contributed by atoms with Crippen LogP contribution in [-0.4, -0.2) is 23.3 Å². The number of carbonyl (C=O) groups is 1. The Bertz CT molecular complexity index is 519. The third kappa shape index (κ3) is 3.18. The van der Waals surface area contributed by atoms with Crippen LogP contribution >= 0.6 is 23.1 Å². The van der Waals surface area contributed by atoms with Gasteiger partial charge in [-0.3, -0.25) is 0 Å². The van der Waals surface area contributed by atoms with E-state index in [1.807, 2.05) is 17.5 Å². The molecule has 0 aliphatic heterocycles. The van der Waals surface area contributed by atoms with Crippen LogP contribution in [0.3, 0.4) is 0 Å². The number of carbonyl (C=O) groups excluding carboxylic acids is 1. The first-order valence-electron chi connectivity index (χ1n) is 4.58. The summed E-state index contributed by atoms with van der Waals surface area (Å²) in [6.07, 6.45) is 1.29. The van der Waals surface area contributed by atoms with E-state index in [-0.39, 0.29) is 0 Å². The Labute approximate surface area is 105 Å². The minimum Gasteiger partial charge on any atom is -0.466 e. The fourth-order valence-corrected chi connectivity index (χ4v) is 2.13. The minimum atomic E-state index is -0.421. The fraction of sp³-hybridized carbons (Fsp3) is 0.100. The smallest absolute Gasteiger partial charge is 0.331 e. The van der Waals surface area contributed by atoms with Crippen molar-refractivity contribution in [3.8, 4) is 10.8 Å². The normalized spacial score (nSPS) is 10.9. The zero-order valence-electron chi connectivity index (χ0n) is 8.82. The first kappa shape index (κ1) is 11.9. The van der Waals surface area contributed by atoms with E-state index in [0.717, 1.165) is 4.88 Å². The highest BCUT2D eigenvalue weighted by Crippen LogP contribution is 2.26. The van der Waals surface area contributed by atoms with Crippen molar-refractivity contribution in [2.45, 2.75) is 5.22 Å². The van der Waals surface area contributed by atoms with Crippen LogP contribution in [-0.2, 0) is 9.53 Å². The van der Waals surface area contributed by atoms with Crippen LogP contribution in [0.4, 0.5) is 0 Å². The van der Waals surface area contributed by atoms with Crippen LogP contribution in [0.5, 0.6) is 0 Å². The van der Waals surface area contributed by atoms with Gasteiger partial charge in [-0.2, -0.15) is 0 Å². The van der Waals surface area contributed by atoms with Gasteiger partial charge in [-0.05, 0) is 28.6 Å². The summed E-state index contributed by atoms with van der Waals surface area (Å²) in [5, 5.41) is 11.6. The number of esters is 1. The maximum atomic E-state index is 10.8. The molecular formula is C10H8N2O3S2. The Balaban J connectivity index is 2.00. The first-order chi connectivity index (χ1) is 8.29. The van der Waals surface area contributed by atoms with Crippen LogP contribution in [0.2, 0.25) is 0 Å². The summed E-state index contributed by atoms with van der Waals surface area (Å²) < 4.78 is 9.84. The number of thiophene rings is 1. The van der Waals surface area contributed by atoms with E-state index in [2.05, 4.69) is 14.9 Å². The third-order valence-corrected chi connectivity index (χ3v) is 3.21. The second-order valence-electron chi connectivity index (χ2n) is 2.79. The molecule has 2 aromatic rings. The van der Waals surface area contributed by atoms with Crippen molar-refractivity contribution < 1.29 is 13.9 Å². The quantitative estimate of drug-likeness (QED) is 0.482. The predicted octanol–water partition coefficient (Wildman–Crippen LogP) is 2.58. The standard InChI is InChI=1S/C10H8N2O3S2/c1-14-8(13)4-6-17-10-12-11-9(15-10)7-3-2-5-16-7/h2-6H,1H3. The Hall–Kier alpha value is -1.60. The van der Waals surface area contributed by atoms with Gasteiger partial charge in [0.1, 0.15) is 0 Å². The van der Waals surface area contributed by atoms with Gasteiger partial charge in [0, 0.05) is 6.08 Å². The molecule has 0 aromatic carbocycles. The number of nitrogens with zero attached hydrogens (tertiary/aromatic N) is 2. The molecule has 0 aliphatic rings. The molecule has 5 nitrogen and oxygen atoms in total. The molecule has 0 unspecified atom stereocenters. The van der Waals surface area contributed by atoms with Crippen LogP contribution in [0.15, 0.2) is 38.6 Å². The number of ether oxygens (including phenoxy) is 1. The summed E-state index contributed by atoms with van der Waals surface area (Å²) in [6, 6.07) is 3.81. The van der Waals surface area contributed by atoms with Gasteiger partial charge in [0.15, 0.2) is 0 Å². The highest BCUT2D eigenvalue weighted by atomic mass is 32.2. The molecule has 0 aliphatic carbocycles. The maximum Gasteiger partial charge on any atom is 0.331 e. The summed E-state index contributed by atoms with van der Waals surface area (Å²) in [5.74, 6) is 0.0597. The van der Waals surface area contributed by atoms with E-state index in [1.54, 1.807) is 0 Å². The molecule has 0 saturated heterocycles. The predicted molar refractivity (Wildman–Crippen MR) is 64.6 cm³/mol. The SMILES string of the molecule is COC(=O)C=CSc1nnc(-c2cccs2)o1. The second-order valence-corrected chi connectivity index (χ2v) is 4.60. The molecule has 2 rings (SSSR count). The lowest BCUT2D eigenvalue weighted by Crippen LogP contribution is -1.92. The highest BCUT2D eigenvalue weighted by molar-refractivity contribution is 8.01. The Kier molecular flexibility index (Phi) is 3.94. The molecule has 7 heteroatoms. The molecule has 88 valence electrons. The molecule has 0 bridgehead atoms. The number of rotatable bonds is 4. The zero-order chi connectivity index (χ0) is 12.1. The van der Waals surface area contributed by atoms with Gasteiger partial charge in [-0.15, -0.1) is 21.5 Å². The molecular weight excluding hydrogens is 260 g/mol. The number of hydrogen-bond donors (Lipinski definition) is 0. The average molecular weight is 268 g/mol. The largest absolute Gasteiger partial charge is 0.466 e. The lowest BCUT2D eigenvalue weighted by atomic mass is 10.5. The molecule has 0 amide bonds. The van der Waals surface area contributed by atoms with Crippen molar-refractivity contribution in [1.29, 1.82) is 0 Å². The third-order valence-electron chi connectivity index (χ3n) is 1.71. The van der Waals surface area contributed by atoms with Gasteiger partial charge in [0.25, 0.3) is 11.1 Å². The summed E-state index contributed by atoms with van der Waals surface area (Å²) in [4.78, 5) is 11.7. The lowest BCUT2D eigenvalue weighted by molar-refractivity contribution is -0.134. The highest BCUT2D eigenvalue weighted by Gasteiger charge is 2.08. The van der Waals surface area contributed by atoms with Crippen molar-refractivity contribution in [2.24, 2.45) is 0 Å². The first-order valence-corrected chi connectivity index (χ1v) is 6.34. The molecule has 0 N–H and O–H groups in total. The molecule has 17 heavy (non-hydrogen) atoms. The van der Waals surface area contributed by atoms with E-state index in [1.165, 1.54) is 41.7 Å². The molecule has 2 heterocycles. The Morgan fingerprint density at radius 3 is 3.18 bits per heavy atom. The summed E-state index contributed by atoms with van der Waals surface area (Å²) >= 11 is 2.69. The van der Waals surface area contributed by atoms with Gasteiger partial charge in [-0.25, -0.2) is 4.79 Å². The van der Waals surface area contributed by atoms with Crippen molar-refractivity contribution in [3.05, 3.63) is 29.0 Å². The van der Waals surface area contributed by atoms with Crippen LogP contribution in [0, 0.1) is 0 Å². The lowest BCUT2D eigenvalue weighted by Gasteiger charge is -1.88. The minimum absolute atomic E-state index is 0.383. The molecule has 0 spiro atoms. The number of hydrogen-bond acceptors (Lipinski definition) is 7. The molecule has 0 saturated carbocycles. The summed E-state index contributed by atoms with van der Waals surface area (Å²) in [7, 11) is 1.32. The van der Waals surface area contributed by atoms with Crippen molar-refractivity contribution in [1.82, 2.24) is 10.2 Å². The van der Waals surface area contributed by atoms with Crippen LogP contribution in [0.1, 0.15) is 0 Å². The van der Waals surface area contributed by atoms with E-state index in [0.29, 0.717) is 11.1 Å². The Morgan fingerprint density at radius 2 is 2.47 bits per heavy atom. The number of aromatic nitrogens is 2. The molecule has 2 aromatic heterocycles. The average Bonchev–Trinajstić information content (AvgIpc) is 2.98. The van der Waals surface area contributed by atoms with E-state index < -0.39 is 5.97 Å². The topological polar surface area (TPSA) is 65.2 Å². The molecule has 0 fully saturated rings. The monoisotopic (exact) mass is 268 g/mol. The van der Waals surface area contributed by atoms with E-state index in [4.69, 9.17) is 4.42 Å². The van der Waals surface area contributed by atoms with E-state index in [9.17, 15) is 4.79 Å².